The number of aliphatic hydroxyl groups is 1. The highest BCUT2D eigenvalue weighted by Gasteiger charge is 2.74. The first-order valence-corrected chi connectivity index (χ1v) is 9.51. The maximum atomic E-state index is 14.5. The summed E-state index contributed by atoms with van der Waals surface area (Å²) in [5, 5.41) is 19.6. The summed E-state index contributed by atoms with van der Waals surface area (Å²) < 4.78 is 42.6. The van der Waals surface area contributed by atoms with Gasteiger partial charge in [-0.25, -0.2) is 18.2 Å². The molecule has 3 fully saturated rings. The Kier molecular flexibility index (Phi) is 3.86. The van der Waals surface area contributed by atoms with Crippen molar-refractivity contribution in [1.29, 1.82) is 0 Å². The number of alkyl halides is 2. The van der Waals surface area contributed by atoms with E-state index in [1.54, 1.807) is 29.0 Å². The predicted octanol–water partition coefficient (Wildman–Crippen LogP) is 0.805. The smallest absolute Gasteiger partial charge is 0.260 e. The van der Waals surface area contributed by atoms with Gasteiger partial charge < -0.3 is 20.6 Å². The maximum Gasteiger partial charge on any atom is 0.260 e. The third kappa shape index (κ3) is 2.89. The molecule has 1 saturated heterocycles. The molecule has 3 atom stereocenters. The largest absolute Gasteiger partial charge is 0.396 e. The summed E-state index contributed by atoms with van der Waals surface area (Å²) in [6.45, 7) is 0.154. The van der Waals surface area contributed by atoms with Gasteiger partial charge in [-0.3, -0.25) is 9.48 Å². The van der Waals surface area contributed by atoms with Crippen LogP contribution in [0.25, 0.3) is 0 Å². The fraction of sp³-hybridized carbons (Fsp3) is 0.556. The van der Waals surface area contributed by atoms with Crippen LogP contribution in [0.1, 0.15) is 12.8 Å². The molecule has 5 rings (SSSR count). The second-order valence-corrected chi connectivity index (χ2v) is 8.45. The van der Waals surface area contributed by atoms with Gasteiger partial charge in [0.05, 0.1) is 30.2 Å². The zero-order chi connectivity index (χ0) is 21.3. The van der Waals surface area contributed by atoms with Crippen LogP contribution in [0.3, 0.4) is 0 Å². The van der Waals surface area contributed by atoms with E-state index in [0.717, 1.165) is 6.20 Å². The molecule has 30 heavy (non-hydrogen) atoms. The first kappa shape index (κ1) is 19.1. The lowest BCUT2D eigenvalue weighted by Crippen LogP contribution is -2.45. The number of carbonyl (C=O) groups excluding carboxylic acids is 1. The van der Waals surface area contributed by atoms with E-state index in [4.69, 9.17) is 0 Å². The molecule has 1 aliphatic heterocycles. The average molecular weight is 423 g/mol. The van der Waals surface area contributed by atoms with Crippen molar-refractivity contribution in [3.05, 3.63) is 24.4 Å². The van der Waals surface area contributed by atoms with Crippen molar-refractivity contribution < 1.29 is 23.1 Å². The number of nitrogens with zero attached hydrogens (tertiary/aromatic N) is 5. The third-order valence-electron chi connectivity index (χ3n) is 6.28. The van der Waals surface area contributed by atoms with Crippen LogP contribution in [-0.2, 0) is 11.8 Å². The Morgan fingerprint density at radius 2 is 2.13 bits per heavy atom. The second-order valence-electron chi connectivity index (χ2n) is 8.45. The van der Waals surface area contributed by atoms with Crippen molar-refractivity contribution >= 4 is 23.4 Å². The lowest BCUT2D eigenvalue weighted by atomic mass is 10.0. The number of hydrogen-bond donors (Lipinski definition) is 3. The van der Waals surface area contributed by atoms with Crippen LogP contribution >= 0.6 is 0 Å². The van der Waals surface area contributed by atoms with Crippen molar-refractivity contribution in [3.63, 3.8) is 0 Å². The highest BCUT2D eigenvalue weighted by molar-refractivity contribution is 5.84. The highest BCUT2D eigenvalue weighted by Crippen LogP contribution is 2.62. The number of piperidine rings is 1. The van der Waals surface area contributed by atoms with Crippen LogP contribution in [0.15, 0.2) is 18.6 Å². The van der Waals surface area contributed by atoms with E-state index < -0.39 is 40.9 Å². The van der Waals surface area contributed by atoms with Crippen molar-refractivity contribution in [2.24, 2.45) is 18.4 Å². The van der Waals surface area contributed by atoms with Crippen molar-refractivity contribution in [2.75, 3.05) is 29.9 Å². The van der Waals surface area contributed by atoms with E-state index >= 15 is 0 Å². The molecule has 2 aromatic rings. The molecule has 1 unspecified atom stereocenters. The summed E-state index contributed by atoms with van der Waals surface area (Å²) >= 11 is 0. The van der Waals surface area contributed by atoms with Crippen LogP contribution in [-0.4, -0.2) is 61.9 Å². The number of anilines is 3. The van der Waals surface area contributed by atoms with Gasteiger partial charge in [0.1, 0.15) is 5.92 Å². The number of aliphatic hydroxyl groups excluding tert-OH is 1. The predicted molar refractivity (Wildman–Crippen MR) is 98.8 cm³/mol. The molecule has 3 heterocycles. The molecule has 0 aromatic carbocycles. The van der Waals surface area contributed by atoms with Crippen LogP contribution in [0.2, 0.25) is 0 Å². The number of carbonyl (C=O) groups is 1. The monoisotopic (exact) mass is 423 g/mol. The quantitative estimate of drug-likeness (QED) is 0.631. The zero-order valence-electron chi connectivity index (χ0n) is 16.1. The minimum absolute atomic E-state index is 0.0155. The van der Waals surface area contributed by atoms with E-state index in [-0.39, 0.29) is 31.5 Å². The molecule has 0 radical (unpaired) electrons. The number of fused-ring (bicyclic) bond motifs is 1. The van der Waals surface area contributed by atoms with Gasteiger partial charge in [0.2, 0.25) is 11.9 Å². The Morgan fingerprint density at radius 3 is 2.77 bits per heavy atom. The lowest BCUT2D eigenvalue weighted by molar-refractivity contribution is -0.125. The second kappa shape index (κ2) is 6.06. The topological polar surface area (TPSA) is 108 Å². The standard InChI is InChI=1S/C18H20F3N7O2/c1-27-5-10(3-23-27)24-15-22-4-12(19)13(25-15)28-7-16(9-29)6-17(16,8-28)26-14(30)11-2-18(11,20)21/h3-5,11,29H,2,6-9H2,1H3,(H,26,30)(H,22,24,25)/t11-,16?,17+/m0/s1. The third-order valence-corrected chi connectivity index (χ3v) is 6.28. The number of aryl methyl sites for hydroxylation is 1. The normalized spacial score (nSPS) is 30.7. The summed E-state index contributed by atoms with van der Waals surface area (Å²) in [7, 11) is 1.75. The SMILES string of the molecule is Cn1cc(Nc2ncc(F)c(N3CC4(CO)C[C@@]4(NC(=O)[C@@H]4CC4(F)F)C3)n2)cn1. The van der Waals surface area contributed by atoms with Gasteiger partial charge in [0, 0.05) is 38.2 Å². The Hall–Kier alpha value is -2.89. The molecule has 9 nitrogen and oxygen atoms in total. The molecule has 160 valence electrons. The first-order valence-electron chi connectivity index (χ1n) is 9.51. The minimum Gasteiger partial charge on any atom is -0.396 e. The molecule has 0 bridgehead atoms. The van der Waals surface area contributed by atoms with Gasteiger partial charge >= 0.3 is 0 Å². The van der Waals surface area contributed by atoms with Crippen molar-refractivity contribution in [2.45, 2.75) is 24.3 Å². The van der Waals surface area contributed by atoms with Gasteiger partial charge in [-0.2, -0.15) is 10.1 Å². The fourth-order valence-electron chi connectivity index (χ4n) is 4.41. The molecule has 0 spiro atoms. The van der Waals surface area contributed by atoms with E-state index in [1.165, 1.54) is 0 Å². The van der Waals surface area contributed by atoms with E-state index in [9.17, 15) is 23.1 Å². The Balaban J connectivity index is 1.35. The minimum atomic E-state index is -2.97. The first-order chi connectivity index (χ1) is 14.2. The number of aromatic nitrogens is 4. The maximum absolute atomic E-state index is 14.5. The van der Waals surface area contributed by atoms with E-state index in [0.29, 0.717) is 12.1 Å². The van der Waals surface area contributed by atoms with Crippen molar-refractivity contribution in [1.82, 2.24) is 25.1 Å². The Morgan fingerprint density at radius 1 is 1.37 bits per heavy atom. The van der Waals surface area contributed by atoms with E-state index in [1.807, 2.05) is 0 Å². The van der Waals surface area contributed by atoms with E-state index in [2.05, 4.69) is 25.7 Å². The summed E-state index contributed by atoms with van der Waals surface area (Å²) in [5.74, 6) is -5.50. The van der Waals surface area contributed by atoms with Gasteiger partial charge in [0.15, 0.2) is 11.6 Å². The summed E-state index contributed by atoms with van der Waals surface area (Å²) in [6, 6.07) is 0. The van der Waals surface area contributed by atoms with Gasteiger partial charge in [-0.05, 0) is 6.42 Å². The fourth-order valence-corrected chi connectivity index (χ4v) is 4.41. The van der Waals surface area contributed by atoms with Gasteiger partial charge in [-0.15, -0.1) is 0 Å². The Bertz CT molecular complexity index is 1030. The van der Waals surface area contributed by atoms with Crippen LogP contribution < -0.4 is 15.5 Å². The number of rotatable bonds is 6. The summed E-state index contributed by atoms with van der Waals surface area (Å²) in [5.41, 5.74) is -0.951. The molecular formula is C18H20F3N7O2. The number of halogens is 3. The molecule has 2 aliphatic carbocycles. The van der Waals surface area contributed by atoms with Crippen LogP contribution in [0.5, 0.6) is 0 Å². The van der Waals surface area contributed by atoms with Gasteiger partial charge in [-0.1, -0.05) is 0 Å². The number of hydrogen-bond acceptors (Lipinski definition) is 7. The lowest BCUT2D eigenvalue weighted by Gasteiger charge is -2.23. The molecular weight excluding hydrogens is 403 g/mol. The highest BCUT2D eigenvalue weighted by atomic mass is 19.3. The molecule has 2 aromatic heterocycles. The van der Waals surface area contributed by atoms with Gasteiger partial charge in [0.25, 0.3) is 5.92 Å². The van der Waals surface area contributed by atoms with Crippen LogP contribution in [0, 0.1) is 17.2 Å². The molecule has 3 aliphatic rings. The molecule has 12 heteroatoms. The molecule has 1 amide bonds. The number of amides is 1. The number of nitrogens with one attached hydrogen (secondary N) is 2. The summed E-state index contributed by atoms with van der Waals surface area (Å²) in [6.07, 6.45) is 4.29. The Labute approximate surface area is 169 Å². The molecule has 3 N–H and O–H groups in total. The van der Waals surface area contributed by atoms with Crippen LogP contribution in [0.4, 0.5) is 30.6 Å². The summed E-state index contributed by atoms with van der Waals surface area (Å²) in [4.78, 5) is 22.0. The average Bonchev–Trinajstić information content (AvgIpc) is 3.38. The van der Waals surface area contributed by atoms with Crippen molar-refractivity contribution in [3.8, 4) is 0 Å². The zero-order valence-corrected chi connectivity index (χ0v) is 16.1. The molecule has 2 saturated carbocycles.